The number of carboxylic acid groups (broad SMARTS) is 1. The van der Waals surface area contributed by atoms with Crippen molar-refractivity contribution in [3.63, 3.8) is 0 Å². The molecule has 0 aliphatic carbocycles. The molecule has 0 fully saturated rings. The number of nitrogens with two attached hydrogens (primary N) is 1. The summed E-state index contributed by atoms with van der Waals surface area (Å²) in [6, 6.07) is 0. The van der Waals surface area contributed by atoms with Crippen LogP contribution in [0.1, 0.15) is 11.3 Å². The van der Waals surface area contributed by atoms with Crippen LogP contribution in [0.2, 0.25) is 0 Å². The molecule has 0 saturated heterocycles. The lowest BCUT2D eigenvalue weighted by Gasteiger charge is -2.16. The van der Waals surface area contributed by atoms with Crippen molar-refractivity contribution in [3.8, 4) is 5.88 Å². The molecule has 21 heavy (non-hydrogen) atoms. The summed E-state index contributed by atoms with van der Waals surface area (Å²) in [6.07, 6.45) is -1.78. The van der Waals surface area contributed by atoms with Crippen molar-refractivity contribution in [2.75, 3.05) is 33.1 Å². The first-order valence-electron chi connectivity index (χ1n) is 5.96. The average molecular weight is 299 g/mol. The fourth-order valence-electron chi connectivity index (χ4n) is 1.06. The molecule has 0 unspecified atom stereocenters. The van der Waals surface area contributed by atoms with E-state index in [2.05, 4.69) is 15.7 Å². The zero-order valence-corrected chi connectivity index (χ0v) is 13.0. The molecule has 1 heterocycles. The Bertz CT molecular complexity index is 513. The number of aryl methyl sites for hydroxylation is 1. The number of rotatable bonds is 2. The summed E-state index contributed by atoms with van der Waals surface area (Å²) in [5.74, 6) is 0.828. The monoisotopic (exact) mass is 299 g/mol. The van der Waals surface area contributed by atoms with E-state index in [-0.39, 0.29) is 0 Å². The predicted molar refractivity (Wildman–Crippen MR) is 77.8 cm³/mol. The molecule has 0 atom stereocenters. The molecule has 0 bridgehead atoms. The summed E-state index contributed by atoms with van der Waals surface area (Å²) in [5.41, 5.74) is 5.59. The van der Waals surface area contributed by atoms with Crippen LogP contribution in [0, 0.1) is 13.8 Å². The van der Waals surface area contributed by atoms with Gasteiger partial charge in [0.05, 0.1) is 0 Å². The zero-order chi connectivity index (χ0) is 16.7. The van der Waals surface area contributed by atoms with Crippen LogP contribution in [0.5, 0.6) is 5.88 Å². The van der Waals surface area contributed by atoms with Gasteiger partial charge in [0.15, 0.2) is 0 Å². The molecule has 0 radical (unpaired) electrons. The lowest BCUT2D eigenvalue weighted by molar-refractivity contribution is 0.169. The van der Waals surface area contributed by atoms with Crippen LogP contribution in [-0.2, 0) is 0 Å². The SMILES string of the molecule is Cc1nc(N(C)C)nc(OC(=O)N(C)C)c1C.NC(=O)O. The number of carbonyl (C=O) groups is 2. The number of aromatic nitrogens is 2. The summed E-state index contributed by atoms with van der Waals surface area (Å²) >= 11 is 0. The van der Waals surface area contributed by atoms with Crippen LogP contribution in [0.3, 0.4) is 0 Å². The van der Waals surface area contributed by atoms with Gasteiger partial charge in [-0.2, -0.15) is 4.98 Å². The van der Waals surface area contributed by atoms with Crippen LogP contribution in [0.15, 0.2) is 0 Å². The standard InChI is InChI=1S/C11H18N4O2.CH3NO2/c1-7-8(2)12-10(14(3)4)13-9(7)17-11(16)15(5)6;2-1(3)4/h1-6H3;2H2,(H,3,4). The number of amides is 2. The molecule has 0 aliphatic heterocycles. The molecule has 0 spiro atoms. The molecule has 9 nitrogen and oxygen atoms in total. The third kappa shape index (κ3) is 6.41. The van der Waals surface area contributed by atoms with Gasteiger partial charge in [0.25, 0.3) is 0 Å². The minimum Gasteiger partial charge on any atom is -0.465 e. The van der Waals surface area contributed by atoms with Gasteiger partial charge >= 0.3 is 12.2 Å². The number of carbonyl (C=O) groups excluding carboxylic acids is 1. The zero-order valence-electron chi connectivity index (χ0n) is 13.0. The van der Waals surface area contributed by atoms with Gasteiger partial charge in [0, 0.05) is 39.4 Å². The Hall–Kier alpha value is -2.58. The van der Waals surface area contributed by atoms with Gasteiger partial charge in [-0.1, -0.05) is 0 Å². The molecule has 1 aromatic rings. The van der Waals surface area contributed by atoms with Gasteiger partial charge in [-0.3, -0.25) is 0 Å². The summed E-state index contributed by atoms with van der Waals surface area (Å²) in [7, 11) is 6.92. The van der Waals surface area contributed by atoms with E-state index in [4.69, 9.17) is 14.6 Å². The molecule has 0 aromatic carbocycles. The van der Waals surface area contributed by atoms with Crippen LogP contribution in [0.4, 0.5) is 15.5 Å². The quantitative estimate of drug-likeness (QED) is 0.829. The van der Waals surface area contributed by atoms with E-state index in [1.54, 1.807) is 19.0 Å². The normalized spacial score (nSPS) is 9.24. The van der Waals surface area contributed by atoms with Crippen molar-refractivity contribution in [1.82, 2.24) is 14.9 Å². The van der Waals surface area contributed by atoms with Crippen molar-refractivity contribution >= 4 is 18.1 Å². The Kier molecular flexibility index (Phi) is 6.91. The maximum absolute atomic E-state index is 11.5. The number of hydrogen-bond donors (Lipinski definition) is 2. The maximum Gasteiger partial charge on any atom is 0.416 e. The molecule has 118 valence electrons. The smallest absolute Gasteiger partial charge is 0.416 e. The molecule has 2 amide bonds. The van der Waals surface area contributed by atoms with E-state index >= 15 is 0 Å². The number of ether oxygens (including phenoxy) is 1. The predicted octanol–water partition coefficient (Wildman–Crippen LogP) is 0.843. The Balaban J connectivity index is 0.000000885. The van der Waals surface area contributed by atoms with Gasteiger partial charge in [0.2, 0.25) is 11.8 Å². The molecule has 1 rings (SSSR count). The van der Waals surface area contributed by atoms with Crippen LogP contribution < -0.4 is 15.4 Å². The molecule has 0 saturated carbocycles. The highest BCUT2D eigenvalue weighted by Crippen LogP contribution is 2.20. The van der Waals surface area contributed by atoms with Gasteiger partial charge < -0.3 is 25.4 Å². The van der Waals surface area contributed by atoms with Crippen molar-refractivity contribution in [2.24, 2.45) is 5.73 Å². The van der Waals surface area contributed by atoms with Crippen molar-refractivity contribution in [1.29, 1.82) is 0 Å². The molecule has 1 aromatic heterocycles. The summed E-state index contributed by atoms with van der Waals surface area (Å²) in [4.78, 5) is 31.9. The van der Waals surface area contributed by atoms with Crippen LogP contribution in [0.25, 0.3) is 0 Å². The number of anilines is 1. The molecule has 3 N–H and O–H groups in total. The molecule has 0 aliphatic rings. The van der Waals surface area contributed by atoms with Gasteiger partial charge in [-0.25, -0.2) is 14.6 Å². The Morgan fingerprint density at radius 1 is 1.14 bits per heavy atom. The third-order valence-electron chi connectivity index (χ3n) is 2.28. The van der Waals surface area contributed by atoms with Gasteiger partial charge in [-0.15, -0.1) is 0 Å². The first-order valence-corrected chi connectivity index (χ1v) is 5.96. The minimum atomic E-state index is -1.33. The molecular weight excluding hydrogens is 278 g/mol. The van der Waals surface area contributed by atoms with E-state index in [1.807, 2.05) is 27.9 Å². The lowest BCUT2D eigenvalue weighted by Crippen LogP contribution is -2.26. The second-order valence-electron chi connectivity index (χ2n) is 4.53. The Morgan fingerprint density at radius 3 is 2.00 bits per heavy atom. The number of nitrogens with zero attached hydrogens (tertiary/aromatic N) is 4. The van der Waals surface area contributed by atoms with E-state index in [9.17, 15) is 4.79 Å². The maximum atomic E-state index is 11.5. The highest BCUT2D eigenvalue weighted by atomic mass is 16.6. The van der Waals surface area contributed by atoms with Crippen molar-refractivity contribution in [3.05, 3.63) is 11.3 Å². The summed E-state index contributed by atoms with van der Waals surface area (Å²) in [5, 5.41) is 7.19. The fraction of sp³-hybridized carbons (Fsp3) is 0.500. The largest absolute Gasteiger partial charge is 0.465 e. The first-order chi connectivity index (χ1) is 9.56. The topological polar surface area (TPSA) is 122 Å². The average Bonchev–Trinajstić information content (AvgIpc) is 2.33. The van der Waals surface area contributed by atoms with E-state index in [1.165, 1.54) is 4.90 Å². The lowest BCUT2D eigenvalue weighted by atomic mass is 10.2. The van der Waals surface area contributed by atoms with Crippen LogP contribution in [-0.4, -0.2) is 60.4 Å². The summed E-state index contributed by atoms with van der Waals surface area (Å²) in [6.45, 7) is 3.68. The van der Waals surface area contributed by atoms with Crippen LogP contribution >= 0.6 is 0 Å². The minimum absolute atomic E-state index is 0.305. The third-order valence-corrected chi connectivity index (χ3v) is 2.28. The summed E-state index contributed by atoms with van der Waals surface area (Å²) < 4.78 is 5.19. The van der Waals surface area contributed by atoms with Gasteiger partial charge in [-0.05, 0) is 13.8 Å². The van der Waals surface area contributed by atoms with E-state index < -0.39 is 12.2 Å². The molecular formula is C12H21N5O4. The van der Waals surface area contributed by atoms with Gasteiger partial charge in [0.1, 0.15) is 0 Å². The van der Waals surface area contributed by atoms with E-state index in [0.29, 0.717) is 11.8 Å². The van der Waals surface area contributed by atoms with Crippen molar-refractivity contribution in [2.45, 2.75) is 13.8 Å². The number of hydrogen-bond acceptors (Lipinski definition) is 6. The Labute approximate surface area is 123 Å². The number of primary amides is 1. The highest BCUT2D eigenvalue weighted by molar-refractivity contribution is 5.70. The van der Waals surface area contributed by atoms with E-state index in [0.717, 1.165) is 11.3 Å². The second kappa shape index (κ2) is 7.88. The second-order valence-corrected chi connectivity index (χ2v) is 4.53. The first kappa shape index (κ1) is 18.4. The highest BCUT2D eigenvalue weighted by Gasteiger charge is 2.15. The Morgan fingerprint density at radius 2 is 1.62 bits per heavy atom. The molecule has 9 heteroatoms. The van der Waals surface area contributed by atoms with Crippen molar-refractivity contribution < 1.29 is 19.4 Å². The fourth-order valence-corrected chi connectivity index (χ4v) is 1.06.